The van der Waals surface area contributed by atoms with Gasteiger partial charge in [0.1, 0.15) is 12.4 Å². The number of pyridine rings is 1. The Bertz CT molecular complexity index is 847. The number of nitrogen functional groups attached to an aromatic ring is 1. The summed E-state index contributed by atoms with van der Waals surface area (Å²) >= 11 is 0. The topological polar surface area (TPSA) is 87.7 Å². The van der Waals surface area contributed by atoms with Crippen molar-refractivity contribution in [2.24, 2.45) is 0 Å². The lowest BCUT2D eigenvalue weighted by atomic mass is 10.1. The molecule has 0 amide bonds. The summed E-state index contributed by atoms with van der Waals surface area (Å²) in [5, 5.41) is 6.99. The molecular weight excluding hydrogens is 438 g/mol. The first-order chi connectivity index (χ1) is 17.0. The van der Waals surface area contributed by atoms with Crippen LogP contribution in [0.4, 0.5) is 11.5 Å². The van der Waals surface area contributed by atoms with Crippen LogP contribution < -0.4 is 15.4 Å². The van der Waals surface area contributed by atoms with Gasteiger partial charge in [-0.15, -0.1) is 0 Å². The molecule has 1 aliphatic heterocycles. The van der Waals surface area contributed by atoms with E-state index >= 15 is 0 Å². The smallest absolute Gasteiger partial charge is 0.217 e. The molecule has 3 N–H and O–H groups in total. The van der Waals surface area contributed by atoms with Crippen molar-refractivity contribution in [2.75, 3.05) is 63.2 Å². The Morgan fingerprint density at radius 2 is 1.71 bits per heavy atom. The van der Waals surface area contributed by atoms with E-state index in [9.17, 15) is 0 Å². The first-order valence-electron chi connectivity index (χ1n) is 13.0. The van der Waals surface area contributed by atoms with Gasteiger partial charge in [0.05, 0.1) is 13.2 Å². The van der Waals surface area contributed by atoms with Gasteiger partial charge in [0.2, 0.25) is 5.88 Å². The minimum Gasteiger partial charge on any atom is -0.476 e. The molecule has 0 aliphatic carbocycles. The average Bonchev–Trinajstić information content (AvgIpc) is 2.87. The monoisotopic (exact) mass is 485 g/mol. The fourth-order valence-corrected chi connectivity index (χ4v) is 3.64. The minimum absolute atomic E-state index is 0.515. The Morgan fingerprint density at radius 3 is 2.29 bits per heavy atom. The summed E-state index contributed by atoms with van der Waals surface area (Å²) < 4.78 is 11.2. The highest BCUT2D eigenvalue weighted by atomic mass is 16.5. The van der Waals surface area contributed by atoms with Crippen LogP contribution in [0.2, 0.25) is 0 Å². The Morgan fingerprint density at radius 1 is 1.06 bits per heavy atom. The van der Waals surface area contributed by atoms with Crippen molar-refractivity contribution >= 4 is 17.7 Å². The molecule has 1 fully saturated rings. The van der Waals surface area contributed by atoms with E-state index in [-0.39, 0.29) is 0 Å². The summed E-state index contributed by atoms with van der Waals surface area (Å²) in [6, 6.07) is 9.94. The molecule has 7 heteroatoms. The maximum Gasteiger partial charge on any atom is 0.217 e. The Hall–Kier alpha value is -2.64. The van der Waals surface area contributed by atoms with Crippen LogP contribution in [0.5, 0.6) is 5.88 Å². The molecule has 0 radical (unpaired) electrons. The zero-order valence-electron chi connectivity index (χ0n) is 22.8. The van der Waals surface area contributed by atoms with Crippen LogP contribution in [0.15, 0.2) is 30.3 Å². The minimum atomic E-state index is 0.515. The Labute approximate surface area is 213 Å². The van der Waals surface area contributed by atoms with Crippen LogP contribution in [-0.2, 0) is 4.74 Å². The predicted octanol–water partition coefficient (Wildman–Crippen LogP) is 5.33. The molecular formula is C28H47N5O2. The molecule has 0 saturated carbocycles. The summed E-state index contributed by atoms with van der Waals surface area (Å²) in [7, 11) is 0. The highest BCUT2D eigenvalue weighted by molar-refractivity contribution is 5.77. The van der Waals surface area contributed by atoms with E-state index in [1.54, 1.807) is 0 Å². The third kappa shape index (κ3) is 11.6. The van der Waals surface area contributed by atoms with Gasteiger partial charge in [0.25, 0.3) is 0 Å². The quantitative estimate of drug-likeness (QED) is 0.442. The summed E-state index contributed by atoms with van der Waals surface area (Å²) in [4.78, 5) is 8.99. The molecule has 3 rings (SSSR count). The van der Waals surface area contributed by atoms with Gasteiger partial charge in [0.15, 0.2) is 0 Å². The first-order valence-corrected chi connectivity index (χ1v) is 13.0. The summed E-state index contributed by atoms with van der Waals surface area (Å²) in [5.74, 6) is 1.13. The highest BCUT2D eigenvalue weighted by Crippen LogP contribution is 2.23. The van der Waals surface area contributed by atoms with Crippen LogP contribution in [0.3, 0.4) is 0 Å². The number of morpholine rings is 1. The van der Waals surface area contributed by atoms with Crippen LogP contribution in [0.1, 0.15) is 57.2 Å². The average molecular weight is 486 g/mol. The second-order valence-corrected chi connectivity index (χ2v) is 8.37. The van der Waals surface area contributed by atoms with E-state index in [2.05, 4.69) is 42.5 Å². The van der Waals surface area contributed by atoms with E-state index in [0.29, 0.717) is 18.3 Å². The number of aromatic nitrogens is 1. The molecule has 35 heavy (non-hydrogen) atoms. The van der Waals surface area contributed by atoms with Gasteiger partial charge in [-0.3, -0.25) is 4.90 Å². The molecule has 0 atom stereocenters. The maximum atomic E-state index is 6.99. The molecule has 1 aromatic heterocycles. The second kappa shape index (κ2) is 17.7. The zero-order valence-corrected chi connectivity index (χ0v) is 22.8. The number of rotatable bonds is 10. The number of benzene rings is 1. The maximum absolute atomic E-state index is 6.99. The fourth-order valence-electron chi connectivity index (χ4n) is 3.64. The van der Waals surface area contributed by atoms with Gasteiger partial charge in [-0.2, -0.15) is 4.98 Å². The summed E-state index contributed by atoms with van der Waals surface area (Å²) in [6.07, 6.45) is 3.58. The standard InChI is InChI=1S/C17H30N4O2.C9H11N.C2H6/c1-3-5-21(6-4-2)15-13-16(18)19-17(14-15)23-12-9-20-7-10-22-11-8-20;1-7-3-4-9(6-10)5-8(7)2;1-2/h13-14H,3-12H2,1-2H3,(H2,18,19);3-6,10H,1-2H3;1-2H3. The number of ether oxygens (including phenoxy) is 2. The van der Waals surface area contributed by atoms with E-state index in [0.717, 1.165) is 70.0 Å². The van der Waals surface area contributed by atoms with Gasteiger partial charge in [-0.05, 0) is 43.4 Å². The number of anilines is 2. The lowest BCUT2D eigenvalue weighted by Gasteiger charge is -2.26. The molecule has 196 valence electrons. The van der Waals surface area contributed by atoms with Gasteiger partial charge in [-0.25, -0.2) is 0 Å². The third-order valence-corrected chi connectivity index (χ3v) is 5.62. The highest BCUT2D eigenvalue weighted by Gasteiger charge is 2.12. The van der Waals surface area contributed by atoms with Crippen LogP contribution in [0.25, 0.3) is 0 Å². The second-order valence-electron chi connectivity index (χ2n) is 8.37. The fraction of sp³-hybridized carbons (Fsp3) is 0.571. The van der Waals surface area contributed by atoms with E-state index in [4.69, 9.17) is 20.6 Å². The molecule has 7 nitrogen and oxygen atoms in total. The Balaban J connectivity index is 0.000000425. The Kier molecular flexibility index (Phi) is 15.4. The lowest BCUT2D eigenvalue weighted by molar-refractivity contribution is 0.0320. The number of aryl methyl sites for hydroxylation is 2. The van der Waals surface area contributed by atoms with Gasteiger partial charge in [-0.1, -0.05) is 45.9 Å². The van der Waals surface area contributed by atoms with E-state index in [1.165, 1.54) is 17.3 Å². The molecule has 0 bridgehead atoms. The molecule has 2 heterocycles. The lowest BCUT2D eigenvalue weighted by Crippen LogP contribution is -2.38. The zero-order chi connectivity index (χ0) is 26.1. The van der Waals surface area contributed by atoms with Crippen LogP contribution in [-0.4, -0.2) is 68.6 Å². The summed E-state index contributed by atoms with van der Waals surface area (Å²) in [5.41, 5.74) is 10.6. The van der Waals surface area contributed by atoms with E-state index < -0.39 is 0 Å². The van der Waals surface area contributed by atoms with Crippen LogP contribution >= 0.6 is 0 Å². The number of hydrogen-bond donors (Lipinski definition) is 2. The van der Waals surface area contributed by atoms with Crippen molar-refractivity contribution in [3.05, 3.63) is 47.0 Å². The number of nitrogens with zero attached hydrogens (tertiary/aromatic N) is 3. The molecule has 1 aromatic carbocycles. The first kappa shape index (κ1) is 30.4. The number of nitrogens with one attached hydrogen (secondary N) is 1. The largest absolute Gasteiger partial charge is 0.476 e. The van der Waals surface area contributed by atoms with Crippen LogP contribution in [0, 0.1) is 19.3 Å². The molecule has 1 aliphatic rings. The SMILES string of the molecule is CC.CCCN(CCC)c1cc(N)nc(OCCN2CCOCC2)c1.Cc1ccc(C=N)cc1C. The van der Waals surface area contributed by atoms with Gasteiger partial charge < -0.3 is 25.5 Å². The van der Waals surface area contributed by atoms with Crippen molar-refractivity contribution in [3.8, 4) is 5.88 Å². The molecule has 0 unspecified atom stereocenters. The van der Waals surface area contributed by atoms with E-state index in [1.807, 2.05) is 44.2 Å². The molecule has 2 aromatic rings. The van der Waals surface area contributed by atoms with Crippen molar-refractivity contribution in [1.29, 1.82) is 5.41 Å². The number of nitrogens with two attached hydrogens (primary N) is 1. The number of hydrogen-bond acceptors (Lipinski definition) is 7. The van der Waals surface area contributed by atoms with Gasteiger partial charge >= 0.3 is 0 Å². The molecule has 0 spiro atoms. The van der Waals surface area contributed by atoms with Crippen molar-refractivity contribution in [1.82, 2.24) is 9.88 Å². The van der Waals surface area contributed by atoms with Crippen molar-refractivity contribution in [2.45, 2.75) is 54.4 Å². The third-order valence-electron chi connectivity index (χ3n) is 5.62. The van der Waals surface area contributed by atoms with Crippen molar-refractivity contribution in [3.63, 3.8) is 0 Å². The predicted molar refractivity (Wildman–Crippen MR) is 149 cm³/mol. The normalized spacial score (nSPS) is 13.1. The van der Waals surface area contributed by atoms with Gasteiger partial charge in [0, 0.05) is 56.8 Å². The molecule has 1 saturated heterocycles. The summed E-state index contributed by atoms with van der Waals surface area (Å²) in [6.45, 7) is 19.6. The van der Waals surface area contributed by atoms with Crippen molar-refractivity contribution < 1.29 is 9.47 Å².